The maximum atomic E-state index is 13.6. The van der Waals surface area contributed by atoms with E-state index in [1.165, 1.54) is 75.5 Å². The Labute approximate surface area is 270 Å². The Morgan fingerprint density at radius 1 is 1.02 bits per heavy atom. The molecule has 1 amide bonds. The van der Waals surface area contributed by atoms with Crippen LogP contribution in [0, 0.1) is 11.8 Å². The van der Waals surface area contributed by atoms with Gasteiger partial charge in [-0.2, -0.15) is 0 Å². The van der Waals surface area contributed by atoms with Gasteiger partial charge in [0.25, 0.3) is 0 Å². The van der Waals surface area contributed by atoms with Gasteiger partial charge in [0.05, 0.1) is 13.2 Å². The van der Waals surface area contributed by atoms with E-state index in [1.807, 2.05) is 11.9 Å². The smallest absolute Gasteiger partial charge is 0.222 e. The molecule has 0 unspecified atom stereocenters. The molecule has 45 heavy (non-hydrogen) atoms. The van der Waals surface area contributed by atoms with E-state index in [0.717, 1.165) is 62.3 Å². The van der Waals surface area contributed by atoms with E-state index in [0.29, 0.717) is 29.9 Å². The number of aromatic hydroxyl groups is 1. The van der Waals surface area contributed by atoms with E-state index in [-0.39, 0.29) is 23.5 Å². The molecule has 3 fully saturated rings. The van der Waals surface area contributed by atoms with Gasteiger partial charge in [0.15, 0.2) is 11.5 Å². The first-order chi connectivity index (χ1) is 22.0. The van der Waals surface area contributed by atoms with Crippen LogP contribution in [-0.4, -0.2) is 66.2 Å². The molecule has 1 N–H and O–H groups in total. The Bertz CT molecular complexity index is 1340. The summed E-state index contributed by atoms with van der Waals surface area (Å²) in [5, 5.41) is 11.2. The Morgan fingerprint density at radius 3 is 2.49 bits per heavy atom. The number of unbranched alkanes of at least 4 members (excludes halogenated alkanes) is 7. The van der Waals surface area contributed by atoms with Gasteiger partial charge in [-0.05, 0) is 81.7 Å². The minimum absolute atomic E-state index is 0.0467. The zero-order valence-corrected chi connectivity index (χ0v) is 27.6. The van der Waals surface area contributed by atoms with Crippen molar-refractivity contribution in [2.75, 3.05) is 27.2 Å². The van der Waals surface area contributed by atoms with Crippen molar-refractivity contribution in [3.63, 3.8) is 0 Å². The SMILES string of the molecule is COc1cc(O)c2c3c1O[C@H]1[C@@H](N(C)C(=O)CCCCCCCCCCc4ccccc4)CC[C@H]4[C@@H](C2)N(CC2CC2)CC[C@@]341. The molecule has 0 radical (unpaired) electrons. The van der Waals surface area contributed by atoms with Crippen LogP contribution in [0.2, 0.25) is 0 Å². The van der Waals surface area contributed by atoms with Crippen molar-refractivity contribution in [3.05, 3.63) is 53.1 Å². The third-order valence-corrected chi connectivity index (χ3v) is 12.2. The predicted molar refractivity (Wildman–Crippen MR) is 178 cm³/mol. The number of methoxy groups -OCH3 is 1. The molecule has 2 heterocycles. The lowest BCUT2D eigenvalue weighted by Gasteiger charge is -2.60. The molecule has 1 saturated heterocycles. The second-order valence-corrected chi connectivity index (χ2v) is 14.9. The normalized spacial score (nSPS) is 28.0. The number of piperidine rings is 1. The summed E-state index contributed by atoms with van der Waals surface area (Å²) in [7, 11) is 3.69. The Kier molecular flexibility index (Phi) is 9.05. The number of likely N-dealkylation sites (tertiary alicyclic amines) is 1. The van der Waals surface area contributed by atoms with E-state index >= 15 is 0 Å². The second kappa shape index (κ2) is 13.2. The molecule has 6 nitrogen and oxygen atoms in total. The number of ether oxygens (including phenoxy) is 2. The first kappa shape index (κ1) is 30.9. The number of benzene rings is 2. The van der Waals surface area contributed by atoms with Gasteiger partial charge in [-0.25, -0.2) is 0 Å². The molecule has 5 aliphatic rings. The third kappa shape index (κ3) is 5.85. The summed E-state index contributed by atoms with van der Waals surface area (Å²) in [6, 6.07) is 13.1. The first-order valence-corrected chi connectivity index (χ1v) is 18.1. The molecule has 1 spiro atoms. The monoisotopic (exact) mass is 614 g/mol. The maximum Gasteiger partial charge on any atom is 0.222 e. The van der Waals surface area contributed by atoms with Gasteiger partial charge in [0.1, 0.15) is 11.9 Å². The fraction of sp³-hybridized carbons (Fsp3) is 0.667. The van der Waals surface area contributed by atoms with Crippen LogP contribution in [0.3, 0.4) is 0 Å². The van der Waals surface area contributed by atoms with Crippen LogP contribution in [0.1, 0.15) is 107 Å². The molecular weight excluding hydrogens is 560 g/mol. The molecule has 2 bridgehead atoms. The summed E-state index contributed by atoms with van der Waals surface area (Å²) in [5.41, 5.74) is 3.58. The largest absolute Gasteiger partial charge is 0.508 e. The summed E-state index contributed by atoms with van der Waals surface area (Å²) in [6.45, 7) is 2.27. The summed E-state index contributed by atoms with van der Waals surface area (Å²) < 4.78 is 12.7. The molecule has 2 aromatic rings. The van der Waals surface area contributed by atoms with Crippen molar-refractivity contribution in [2.24, 2.45) is 11.8 Å². The summed E-state index contributed by atoms with van der Waals surface area (Å²) in [6.07, 6.45) is 18.2. The number of phenols is 1. The molecule has 2 aromatic carbocycles. The lowest BCUT2D eigenvalue weighted by molar-refractivity contribution is -0.140. The van der Waals surface area contributed by atoms with E-state index in [4.69, 9.17) is 9.47 Å². The number of likely N-dealkylation sites (N-methyl/N-ethyl adjacent to an activating group) is 1. The van der Waals surface area contributed by atoms with E-state index in [9.17, 15) is 9.90 Å². The number of rotatable bonds is 15. The van der Waals surface area contributed by atoms with Crippen molar-refractivity contribution < 1.29 is 19.4 Å². The van der Waals surface area contributed by atoms with Gasteiger partial charge in [-0.15, -0.1) is 0 Å². The number of nitrogens with zero attached hydrogens (tertiary/aromatic N) is 2. The van der Waals surface area contributed by atoms with E-state index < -0.39 is 0 Å². The van der Waals surface area contributed by atoms with Gasteiger partial charge in [0.2, 0.25) is 5.91 Å². The van der Waals surface area contributed by atoms with Crippen molar-refractivity contribution in [1.82, 2.24) is 9.80 Å². The van der Waals surface area contributed by atoms with Gasteiger partial charge < -0.3 is 19.5 Å². The highest BCUT2D eigenvalue weighted by Crippen LogP contribution is 2.65. The number of hydrogen-bond donors (Lipinski definition) is 1. The van der Waals surface area contributed by atoms with Crippen LogP contribution in [0.4, 0.5) is 0 Å². The number of hydrogen-bond acceptors (Lipinski definition) is 5. The van der Waals surface area contributed by atoms with Gasteiger partial charge >= 0.3 is 0 Å². The highest BCUT2D eigenvalue weighted by Gasteiger charge is 2.67. The van der Waals surface area contributed by atoms with E-state index in [1.54, 1.807) is 13.2 Å². The molecule has 6 heteroatoms. The van der Waals surface area contributed by atoms with Crippen LogP contribution in [0.15, 0.2) is 36.4 Å². The van der Waals surface area contributed by atoms with Gasteiger partial charge in [0, 0.05) is 48.7 Å². The Balaban J connectivity index is 0.940. The Hall–Kier alpha value is -2.73. The standard InChI is InChI=1S/C39H54N2O4/c1-40(35(43)17-13-8-6-4-3-5-7-10-14-27-15-11-9-12-16-27)31-21-20-30-32-24-29-33(42)25-34(44-2)37-36(29)39(30,38(31)45-37)22-23-41(32)26-28-18-19-28/h9,11-12,15-16,25,28,30-32,38,42H,3-8,10,13-14,17-24,26H2,1-2H3/t30-,31-,32+,38-,39-/m0/s1. The quantitative estimate of drug-likeness (QED) is 0.212. The van der Waals surface area contributed by atoms with Crippen molar-refractivity contribution in [3.8, 4) is 17.2 Å². The average molecular weight is 615 g/mol. The average Bonchev–Trinajstić information content (AvgIpc) is 3.81. The van der Waals surface area contributed by atoms with Crippen LogP contribution in [0.5, 0.6) is 17.2 Å². The fourth-order valence-electron chi connectivity index (χ4n) is 9.73. The summed E-state index contributed by atoms with van der Waals surface area (Å²) >= 11 is 0. The number of carbonyl (C=O) groups excluding carboxylic acids is 1. The highest BCUT2D eigenvalue weighted by atomic mass is 16.5. The van der Waals surface area contributed by atoms with Crippen LogP contribution in [0.25, 0.3) is 0 Å². The lowest BCUT2D eigenvalue weighted by Crippen LogP contribution is -2.69. The van der Waals surface area contributed by atoms with Crippen molar-refractivity contribution in [2.45, 2.75) is 126 Å². The van der Waals surface area contributed by atoms with Crippen molar-refractivity contribution in [1.29, 1.82) is 0 Å². The van der Waals surface area contributed by atoms with Crippen LogP contribution in [-0.2, 0) is 23.1 Å². The highest BCUT2D eigenvalue weighted by molar-refractivity contribution is 5.76. The maximum absolute atomic E-state index is 13.6. The predicted octanol–water partition coefficient (Wildman–Crippen LogP) is 7.43. The lowest BCUT2D eigenvalue weighted by atomic mass is 9.50. The number of amides is 1. The topological polar surface area (TPSA) is 62.2 Å². The number of phenolic OH excluding ortho intramolecular Hbond substituents is 1. The molecule has 2 saturated carbocycles. The molecule has 3 aliphatic carbocycles. The number of aryl methyl sites for hydroxylation is 1. The van der Waals surface area contributed by atoms with E-state index in [2.05, 4.69) is 35.2 Å². The zero-order chi connectivity index (χ0) is 31.0. The molecule has 244 valence electrons. The molecule has 7 rings (SSSR count). The summed E-state index contributed by atoms with van der Waals surface area (Å²) in [4.78, 5) is 18.4. The minimum atomic E-state index is -0.155. The van der Waals surface area contributed by atoms with Gasteiger partial charge in [-0.1, -0.05) is 68.9 Å². The zero-order valence-electron chi connectivity index (χ0n) is 27.6. The van der Waals surface area contributed by atoms with Crippen LogP contribution >= 0.6 is 0 Å². The minimum Gasteiger partial charge on any atom is -0.508 e. The molecule has 2 aliphatic heterocycles. The summed E-state index contributed by atoms with van der Waals surface area (Å²) in [5.74, 6) is 3.42. The fourth-order valence-corrected chi connectivity index (χ4v) is 9.73. The Morgan fingerprint density at radius 2 is 1.76 bits per heavy atom. The van der Waals surface area contributed by atoms with Crippen molar-refractivity contribution >= 4 is 5.91 Å². The molecule has 0 aromatic heterocycles. The van der Waals surface area contributed by atoms with Crippen LogP contribution < -0.4 is 9.47 Å². The second-order valence-electron chi connectivity index (χ2n) is 14.9. The van der Waals surface area contributed by atoms with Gasteiger partial charge in [-0.3, -0.25) is 9.69 Å². The first-order valence-electron chi connectivity index (χ1n) is 18.1. The molecule has 5 atom stereocenters. The third-order valence-electron chi connectivity index (χ3n) is 12.2. The number of carbonyl (C=O) groups is 1. The molecular formula is C39H54N2O4.